The molecule has 1 atom stereocenters. The summed E-state index contributed by atoms with van der Waals surface area (Å²) in [6, 6.07) is 0. The van der Waals surface area contributed by atoms with Gasteiger partial charge in [-0.25, -0.2) is 0 Å². The predicted octanol–water partition coefficient (Wildman–Crippen LogP) is 1.06. The summed E-state index contributed by atoms with van der Waals surface area (Å²) in [7, 11) is 0. The summed E-state index contributed by atoms with van der Waals surface area (Å²) >= 11 is 5.46. The summed E-state index contributed by atoms with van der Waals surface area (Å²) in [5.41, 5.74) is 2.26. The molecule has 1 fully saturated rings. The zero-order valence-electron chi connectivity index (χ0n) is 7.86. The smallest absolute Gasteiger partial charge is 0.308 e. The fourth-order valence-electron chi connectivity index (χ4n) is 1.43. The first-order valence-corrected chi connectivity index (χ1v) is 4.74. The first kappa shape index (κ1) is 11.0. The van der Waals surface area contributed by atoms with Crippen molar-refractivity contribution in [1.29, 1.82) is 0 Å². The Morgan fingerprint density at radius 3 is 2.86 bits per heavy atom. The fourth-order valence-corrected chi connectivity index (χ4v) is 1.49. The van der Waals surface area contributed by atoms with Crippen LogP contribution in [0.4, 0.5) is 0 Å². The lowest BCUT2D eigenvalue weighted by atomic mass is 10.1. The Bertz CT molecular complexity index is 288. The number of hydrogen-bond donors (Lipinski definition) is 1. The average Bonchev–Trinajstić information content (AvgIpc) is 2.48. The minimum absolute atomic E-state index is 0.102. The Morgan fingerprint density at radius 2 is 2.43 bits per heavy atom. The summed E-state index contributed by atoms with van der Waals surface area (Å²) in [6.45, 7) is 2.51. The van der Waals surface area contributed by atoms with E-state index in [9.17, 15) is 9.59 Å². The first-order chi connectivity index (χ1) is 6.54. The molecular weight excluding hydrogens is 206 g/mol. The van der Waals surface area contributed by atoms with Crippen molar-refractivity contribution < 1.29 is 14.7 Å². The van der Waals surface area contributed by atoms with Crippen molar-refractivity contribution >= 4 is 23.5 Å². The van der Waals surface area contributed by atoms with Gasteiger partial charge in [0.25, 0.3) is 0 Å². The van der Waals surface area contributed by atoms with Crippen LogP contribution in [0.1, 0.15) is 13.3 Å². The van der Waals surface area contributed by atoms with Crippen LogP contribution in [0.3, 0.4) is 0 Å². The van der Waals surface area contributed by atoms with E-state index in [1.807, 2.05) is 0 Å². The quantitative estimate of drug-likeness (QED) is 0.769. The van der Waals surface area contributed by atoms with Crippen molar-refractivity contribution in [1.82, 2.24) is 4.90 Å². The molecule has 5 heteroatoms. The van der Waals surface area contributed by atoms with Gasteiger partial charge in [-0.05, 0) is 12.5 Å². The van der Waals surface area contributed by atoms with Gasteiger partial charge in [0.2, 0.25) is 5.91 Å². The second kappa shape index (κ2) is 4.46. The van der Waals surface area contributed by atoms with E-state index in [0.717, 1.165) is 5.57 Å². The van der Waals surface area contributed by atoms with Crippen LogP contribution in [0.15, 0.2) is 11.1 Å². The minimum Gasteiger partial charge on any atom is -0.481 e. The van der Waals surface area contributed by atoms with Crippen LogP contribution < -0.4 is 0 Å². The highest BCUT2D eigenvalue weighted by molar-refractivity contribution is 6.25. The van der Waals surface area contributed by atoms with Crippen LogP contribution in [0, 0.1) is 5.92 Å². The summed E-state index contributed by atoms with van der Waals surface area (Å²) in [5, 5.41) is 8.72. The van der Waals surface area contributed by atoms with Gasteiger partial charge in [-0.3, -0.25) is 9.59 Å². The molecule has 0 radical (unpaired) electrons. The van der Waals surface area contributed by atoms with Gasteiger partial charge in [0, 0.05) is 25.0 Å². The average molecular weight is 218 g/mol. The van der Waals surface area contributed by atoms with Gasteiger partial charge >= 0.3 is 5.97 Å². The zero-order valence-corrected chi connectivity index (χ0v) is 8.62. The summed E-state index contributed by atoms with van der Waals surface area (Å²) in [6.07, 6.45) is 0.102. The number of carboxylic acids is 1. The zero-order chi connectivity index (χ0) is 10.7. The SMILES string of the molecule is CC(=CCl)CN1CC(C(=O)O)CC1=O. The molecule has 78 valence electrons. The van der Waals surface area contributed by atoms with E-state index in [-0.39, 0.29) is 18.9 Å². The highest BCUT2D eigenvalue weighted by Crippen LogP contribution is 2.18. The standard InChI is InChI=1S/C9H12ClNO3/c1-6(3-10)4-11-5-7(9(13)14)2-8(11)12/h3,7H,2,4-5H2,1H3,(H,13,14). The molecular formula is C9H12ClNO3. The van der Waals surface area contributed by atoms with Gasteiger partial charge in [-0.2, -0.15) is 0 Å². The normalized spacial score (nSPS) is 23.0. The number of nitrogens with zero attached hydrogens (tertiary/aromatic N) is 1. The lowest BCUT2D eigenvalue weighted by Crippen LogP contribution is -2.27. The maximum absolute atomic E-state index is 11.3. The molecule has 1 unspecified atom stereocenters. The van der Waals surface area contributed by atoms with Crippen LogP contribution in [0.25, 0.3) is 0 Å². The minimum atomic E-state index is -0.909. The van der Waals surface area contributed by atoms with Crippen molar-refractivity contribution in [3.05, 3.63) is 11.1 Å². The summed E-state index contributed by atoms with van der Waals surface area (Å²) in [4.78, 5) is 23.5. The van der Waals surface area contributed by atoms with E-state index in [2.05, 4.69) is 0 Å². The van der Waals surface area contributed by atoms with Crippen LogP contribution in [-0.4, -0.2) is 35.0 Å². The van der Waals surface area contributed by atoms with E-state index >= 15 is 0 Å². The highest BCUT2D eigenvalue weighted by atomic mass is 35.5. The van der Waals surface area contributed by atoms with E-state index in [1.165, 1.54) is 10.4 Å². The van der Waals surface area contributed by atoms with Gasteiger partial charge in [-0.1, -0.05) is 11.6 Å². The number of aliphatic carboxylic acids is 1. The second-order valence-corrected chi connectivity index (χ2v) is 3.69. The van der Waals surface area contributed by atoms with E-state index in [1.54, 1.807) is 6.92 Å². The first-order valence-electron chi connectivity index (χ1n) is 4.31. The number of halogens is 1. The highest BCUT2D eigenvalue weighted by Gasteiger charge is 2.33. The number of rotatable bonds is 3. The van der Waals surface area contributed by atoms with Gasteiger partial charge in [-0.15, -0.1) is 0 Å². The summed E-state index contributed by atoms with van der Waals surface area (Å²) in [5.74, 6) is -1.59. The molecule has 0 saturated carbocycles. The second-order valence-electron chi connectivity index (χ2n) is 3.47. The predicted molar refractivity (Wildman–Crippen MR) is 51.9 cm³/mol. The van der Waals surface area contributed by atoms with E-state index in [0.29, 0.717) is 6.54 Å². The molecule has 0 aromatic rings. The monoisotopic (exact) mass is 217 g/mol. The van der Waals surface area contributed by atoms with Crippen molar-refractivity contribution in [2.75, 3.05) is 13.1 Å². The number of hydrogen-bond acceptors (Lipinski definition) is 2. The molecule has 1 aliphatic rings. The molecule has 0 aliphatic carbocycles. The molecule has 1 N–H and O–H groups in total. The molecule has 1 saturated heterocycles. The molecule has 14 heavy (non-hydrogen) atoms. The molecule has 1 rings (SSSR count). The van der Waals surface area contributed by atoms with Gasteiger partial charge in [0.15, 0.2) is 0 Å². The number of carbonyl (C=O) groups is 2. The Kier molecular flexibility index (Phi) is 3.52. The van der Waals surface area contributed by atoms with Crippen molar-refractivity contribution in [3.63, 3.8) is 0 Å². The summed E-state index contributed by atoms with van der Waals surface area (Å²) < 4.78 is 0. The topological polar surface area (TPSA) is 57.6 Å². The fraction of sp³-hybridized carbons (Fsp3) is 0.556. The molecule has 0 aromatic carbocycles. The largest absolute Gasteiger partial charge is 0.481 e. The Morgan fingerprint density at radius 1 is 1.79 bits per heavy atom. The Labute approximate surface area is 87.1 Å². The number of carboxylic acid groups (broad SMARTS) is 1. The third-order valence-corrected chi connectivity index (χ3v) is 2.56. The lowest BCUT2D eigenvalue weighted by Gasteiger charge is -2.15. The molecule has 0 bridgehead atoms. The van der Waals surface area contributed by atoms with Crippen LogP contribution in [0.2, 0.25) is 0 Å². The lowest BCUT2D eigenvalue weighted by molar-refractivity contribution is -0.141. The third kappa shape index (κ3) is 2.48. The van der Waals surface area contributed by atoms with Crippen LogP contribution >= 0.6 is 11.6 Å². The number of carbonyl (C=O) groups excluding carboxylic acids is 1. The van der Waals surface area contributed by atoms with E-state index in [4.69, 9.17) is 16.7 Å². The number of amides is 1. The molecule has 1 heterocycles. The molecule has 4 nitrogen and oxygen atoms in total. The van der Waals surface area contributed by atoms with Gasteiger partial charge < -0.3 is 10.0 Å². The maximum Gasteiger partial charge on any atom is 0.308 e. The molecule has 1 aliphatic heterocycles. The van der Waals surface area contributed by atoms with Gasteiger partial charge in [0.1, 0.15) is 0 Å². The van der Waals surface area contributed by atoms with Crippen LogP contribution in [0.5, 0.6) is 0 Å². The van der Waals surface area contributed by atoms with Crippen molar-refractivity contribution in [3.8, 4) is 0 Å². The van der Waals surface area contributed by atoms with Crippen LogP contribution in [-0.2, 0) is 9.59 Å². The van der Waals surface area contributed by atoms with E-state index < -0.39 is 11.9 Å². The van der Waals surface area contributed by atoms with Crippen molar-refractivity contribution in [2.24, 2.45) is 5.92 Å². The van der Waals surface area contributed by atoms with Crippen molar-refractivity contribution in [2.45, 2.75) is 13.3 Å². The third-order valence-electron chi connectivity index (χ3n) is 2.19. The Balaban J connectivity index is 2.57. The molecule has 1 amide bonds. The molecule has 0 spiro atoms. The number of likely N-dealkylation sites (tertiary alicyclic amines) is 1. The molecule has 0 aromatic heterocycles. The van der Waals surface area contributed by atoms with Gasteiger partial charge in [0.05, 0.1) is 5.92 Å². The Hall–Kier alpha value is -1.03. The maximum atomic E-state index is 11.3.